The van der Waals surface area contributed by atoms with Gasteiger partial charge in [0, 0.05) is 24.9 Å². The van der Waals surface area contributed by atoms with Gasteiger partial charge in [-0.05, 0) is 36.6 Å². The fourth-order valence-electron chi connectivity index (χ4n) is 3.50. The van der Waals surface area contributed by atoms with Gasteiger partial charge in [-0.1, -0.05) is 30.3 Å². The molecule has 1 unspecified atom stereocenters. The van der Waals surface area contributed by atoms with E-state index in [4.69, 9.17) is 9.47 Å². The summed E-state index contributed by atoms with van der Waals surface area (Å²) in [5, 5.41) is 3.03. The van der Waals surface area contributed by atoms with Crippen molar-refractivity contribution in [3.05, 3.63) is 48.5 Å². The maximum Gasteiger partial charge on any atom is 0.247 e. The molecule has 3 rings (SSSR count). The Bertz CT molecular complexity index is 820. The average molecular weight is 382 g/mol. The SMILES string of the molecule is COCCC(=O)N1CCCC1C(=O)Nc1ccccc1-c1ccc(OC)cc1. The van der Waals surface area contributed by atoms with Crippen molar-refractivity contribution in [2.24, 2.45) is 0 Å². The van der Waals surface area contributed by atoms with E-state index in [2.05, 4.69) is 5.32 Å². The van der Waals surface area contributed by atoms with Crippen LogP contribution in [-0.4, -0.2) is 50.1 Å². The lowest BCUT2D eigenvalue weighted by molar-refractivity contribution is -0.137. The molecule has 0 aliphatic carbocycles. The fraction of sp³-hybridized carbons (Fsp3) is 0.364. The third-order valence-corrected chi connectivity index (χ3v) is 4.98. The zero-order valence-corrected chi connectivity index (χ0v) is 16.3. The summed E-state index contributed by atoms with van der Waals surface area (Å²) in [6, 6.07) is 14.9. The molecule has 1 aliphatic heterocycles. The molecular weight excluding hydrogens is 356 g/mol. The molecule has 28 heavy (non-hydrogen) atoms. The number of carbonyl (C=O) groups is 2. The molecule has 0 saturated carbocycles. The number of nitrogens with one attached hydrogen (secondary N) is 1. The standard InChI is InChI=1S/C22H26N2O4/c1-27-15-13-21(25)24-14-5-8-20(24)22(26)23-19-7-4-3-6-18(19)16-9-11-17(28-2)12-10-16/h3-4,6-7,9-12,20H,5,8,13-15H2,1-2H3,(H,23,26). The van der Waals surface area contributed by atoms with Crippen LogP contribution in [0.25, 0.3) is 11.1 Å². The normalized spacial score (nSPS) is 16.1. The quantitative estimate of drug-likeness (QED) is 0.798. The number of hydrogen-bond acceptors (Lipinski definition) is 4. The van der Waals surface area contributed by atoms with Crippen LogP contribution in [0.3, 0.4) is 0 Å². The molecule has 6 heteroatoms. The van der Waals surface area contributed by atoms with Gasteiger partial charge in [0.15, 0.2) is 0 Å². The van der Waals surface area contributed by atoms with Gasteiger partial charge in [-0.3, -0.25) is 9.59 Å². The van der Waals surface area contributed by atoms with Crippen LogP contribution < -0.4 is 10.1 Å². The summed E-state index contributed by atoms with van der Waals surface area (Å²) in [6.07, 6.45) is 1.80. The second kappa shape index (κ2) is 9.37. The molecule has 1 saturated heterocycles. The van der Waals surface area contributed by atoms with Gasteiger partial charge in [0.1, 0.15) is 11.8 Å². The first-order valence-electron chi connectivity index (χ1n) is 9.46. The number of para-hydroxylation sites is 1. The van der Waals surface area contributed by atoms with Gasteiger partial charge in [-0.15, -0.1) is 0 Å². The van der Waals surface area contributed by atoms with Crippen LogP contribution >= 0.6 is 0 Å². The second-order valence-electron chi connectivity index (χ2n) is 6.75. The molecule has 1 fully saturated rings. The minimum atomic E-state index is -0.437. The van der Waals surface area contributed by atoms with E-state index >= 15 is 0 Å². The van der Waals surface area contributed by atoms with Gasteiger partial charge < -0.3 is 19.7 Å². The summed E-state index contributed by atoms with van der Waals surface area (Å²) in [7, 11) is 3.20. The number of ether oxygens (including phenoxy) is 2. The first kappa shape index (κ1) is 19.9. The van der Waals surface area contributed by atoms with E-state index in [1.54, 1.807) is 19.1 Å². The number of nitrogens with zero attached hydrogens (tertiary/aromatic N) is 1. The van der Waals surface area contributed by atoms with Gasteiger partial charge in [0.25, 0.3) is 0 Å². The Balaban J connectivity index is 1.76. The zero-order valence-electron chi connectivity index (χ0n) is 16.3. The highest BCUT2D eigenvalue weighted by molar-refractivity contribution is 6.00. The summed E-state index contributed by atoms with van der Waals surface area (Å²) in [4.78, 5) is 27.0. The molecule has 2 aromatic rings. The number of likely N-dealkylation sites (tertiary alicyclic amines) is 1. The van der Waals surface area contributed by atoms with E-state index < -0.39 is 6.04 Å². The minimum Gasteiger partial charge on any atom is -0.497 e. The highest BCUT2D eigenvalue weighted by Crippen LogP contribution is 2.30. The molecule has 0 radical (unpaired) electrons. The average Bonchev–Trinajstić information content (AvgIpc) is 3.23. The Kier molecular flexibility index (Phi) is 6.66. The Morgan fingerprint density at radius 3 is 2.57 bits per heavy atom. The molecule has 1 heterocycles. The predicted molar refractivity (Wildman–Crippen MR) is 108 cm³/mol. The lowest BCUT2D eigenvalue weighted by atomic mass is 10.0. The number of hydrogen-bond donors (Lipinski definition) is 1. The zero-order chi connectivity index (χ0) is 19.9. The van der Waals surface area contributed by atoms with Crippen molar-refractivity contribution < 1.29 is 19.1 Å². The summed E-state index contributed by atoms with van der Waals surface area (Å²) < 4.78 is 10.2. The molecule has 2 aromatic carbocycles. The lowest BCUT2D eigenvalue weighted by Gasteiger charge is -2.24. The second-order valence-corrected chi connectivity index (χ2v) is 6.75. The van der Waals surface area contributed by atoms with E-state index in [0.717, 1.165) is 29.0 Å². The minimum absolute atomic E-state index is 0.0389. The van der Waals surface area contributed by atoms with Crippen LogP contribution in [0.2, 0.25) is 0 Å². The molecule has 1 aliphatic rings. The van der Waals surface area contributed by atoms with Gasteiger partial charge >= 0.3 is 0 Å². The topological polar surface area (TPSA) is 67.9 Å². The van der Waals surface area contributed by atoms with Crippen LogP contribution in [-0.2, 0) is 14.3 Å². The number of anilines is 1. The van der Waals surface area contributed by atoms with E-state index in [9.17, 15) is 9.59 Å². The van der Waals surface area contributed by atoms with Crippen molar-refractivity contribution in [2.45, 2.75) is 25.3 Å². The van der Waals surface area contributed by atoms with Crippen LogP contribution in [0.5, 0.6) is 5.75 Å². The molecular formula is C22H26N2O4. The largest absolute Gasteiger partial charge is 0.497 e. The Hall–Kier alpha value is -2.86. The maximum atomic E-state index is 12.9. The van der Waals surface area contributed by atoms with E-state index in [1.165, 1.54) is 0 Å². The van der Waals surface area contributed by atoms with Crippen molar-refractivity contribution in [1.29, 1.82) is 0 Å². The monoisotopic (exact) mass is 382 g/mol. The van der Waals surface area contributed by atoms with Crippen molar-refractivity contribution in [2.75, 3.05) is 32.7 Å². The molecule has 6 nitrogen and oxygen atoms in total. The van der Waals surface area contributed by atoms with Crippen LogP contribution in [0, 0.1) is 0 Å². The smallest absolute Gasteiger partial charge is 0.247 e. The third-order valence-electron chi connectivity index (χ3n) is 4.98. The molecule has 1 N–H and O–H groups in total. The van der Waals surface area contributed by atoms with Gasteiger partial charge in [-0.25, -0.2) is 0 Å². The highest BCUT2D eigenvalue weighted by atomic mass is 16.5. The first-order valence-corrected chi connectivity index (χ1v) is 9.46. The van der Waals surface area contributed by atoms with Crippen LogP contribution in [0.4, 0.5) is 5.69 Å². The summed E-state index contributed by atoms with van der Waals surface area (Å²) in [5.74, 6) is 0.591. The van der Waals surface area contributed by atoms with E-state index in [0.29, 0.717) is 26.0 Å². The summed E-state index contributed by atoms with van der Waals surface area (Å²) in [5.41, 5.74) is 2.64. The van der Waals surface area contributed by atoms with Crippen molar-refractivity contribution in [3.63, 3.8) is 0 Å². The predicted octanol–water partition coefficient (Wildman–Crippen LogP) is 3.33. The first-order chi connectivity index (χ1) is 13.6. The number of benzene rings is 2. The van der Waals surface area contributed by atoms with Crippen LogP contribution in [0.15, 0.2) is 48.5 Å². The van der Waals surface area contributed by atoms with Crippen molar-refractivity contribution in [3.8, 4) is 16.9 Å². The molecule has 0 aromatic heterocycles. The number of methoxy groups -OCH3 is 2. The van der Waals surface area contributed by atoms with Crippen LogP contribution in [0.1, 0.15) is 19.3 Å². The van der Waals surface area contributed by atoms with Crippen molar-refractivity contribution >= 4 is 17.5 Å². The number of rotatable bonds is 7. The number of amides is 2. The lowest BCUT2D eigenvalue weighted by Crippen LogP contribution is -2.43. The van der Waals surface area contributed by atoms with Gasteiger partial charge in [0.05, 0.1) is 20.1 Å². The Labute approximate surface area is 165 Å². The molecule has 0 spiro atoms. The molecule has 148 valence electrons. The van der Waals surface area contributed by atoms with Gasteiger partial charge in [-0.2, -0.15) is 0 Å². The van der Waals surface area contributed by atoms with Crippen molar-refractivity contribution in [1.82, 2.24) is 4.90 Å². The van der Waals surface area contributed by atoms with E-state index in [-0.39, 0.29) is 11.8 Å². The molecule has 2 amide bonds. The van der Waals surface area contributed by atoms with Gasteiger partial charge in [0.2, 0.25) is 11.8 Å². The Morgan fingerprint density at radius 1 is 1.11 bits per heavy atom. The highest BCUT2D eigenvalue weighted by Gasteiger charge is 2.33. The summed E-state index contributed by atoms with van der Waals surface area (Å²) >= 11 is 0. The molecule has 0 bridgehead atoms. The number of carbonyl (C=O) groups excluding carboxylic acids is 2. The van der Waals surface area contributed by atoms with E-state index in [1.807, 2.05) is 48.5 Å². The Morgan fingerprint density at radius 2 is 1.86 bits per heavy atom. The fourth-order valence-corrected chi connectivity index (χ4v) is 3.50. The molecule has 1 atom stereocenters. The third kappa shape index (κ3) is 4.51. The summed E-state index contributed by atoms with van der Waals surface area (Å²) in [6.45, 7) is 0.977. The maximum absolute atomic E-state index is 12.9.